The lowest BCUT2D eigenvalue weighted by atomic mass is 9.99. The number of benzene rings is 3. The van der Waals surface area contributed by atoms with Crippen LogP contribution < -0.4 is 9.47 Å². The van der Waals surface area contributed by atoms with E-state index in [0.29, 0.717) is 29.2 Å². The zero-order valence-corrected chi connectivity index (χ0v) is 19.3. The van der Waals surface area contributed by atoms with Crippen molar-refractivity contribution in [3.05, 3.63) is 94.9 Å². The summed E-state index contributed by atoms with van der Waals surface area (Å²) in [5.74, 6) is 1.51. The van der Waals surface area contributed by atoms with Crippen LogP contribution in [-0.2, 0) is 0 Å². The molecule has 0 unspecified atom stereocenters. The first kappa shape index (κ1) is 22.3. The fourth-order valence-electron chi connectivity index (χ4n) is 3.52. The summed E-state index contributed by atoms with van der Waals surface area (Å²) >= 11 is 1.47. The minimum atomic E-state index is -0.0420. The monoisotopic (exact) mass is 453 g/mol. The second-order valence-electron chi connectivity index (χ2n) is 7.29. The molecule has 1 heterocycles. The fraction of sp³-hybridized carbons (Fsp3) is 0.143. The molecular formula is C28H23NO3S. The van der Waals surface area contributed by atoms with Crippen LogP contribution in [0.3, 0.4) is 0 Å². The van der Waals surface area contributed by atoms with Gasteiger partial charge < -0.3 is 9.47 Å². The summed E-state index contributed by atoms with van der Waals surface area (Å²) in [5.41, 5.74) is 3.96. The van der Waals surface area contributed by atoms with Crippen LogP contribution in [0.4, 0.5) is 0 Å². The Balaban J connectivity index is 1.76. The van der Waals surface area contributed by atoms with Crippen molar-refractivity contribution in [1.82, 2.24) is 0 Å². The Kier molecular flexibility index (Phi) is 6.87. The maximum absolute atomic E-state index is 13.5. The topological polar surface area (TPSA) is 59.3 Å². The Labute approximate surface area is 197 Å². The number of rotatable bonds is 8. The lowest BCUT2D eigenvalue weighted by Gasteiger charge is -2.06. The van der Waals surface area contributed by atoms with E-state index >= 15 is 0 Å². The van der Waals surface area contributed by atoms with Gasteiger partial charge in [0.15, 0.2) is 0 Å². The number of ether oxygens (including phenoxy) is 2. The molecular weight excluding hydrogens is 430 g/mol. The summed E-state index contributed by atoms with van der Waals surface area (Å²) in [4.78, 5) is 15.2. The summed E-state index contributed by atoms with van der Waals surface area (Å²) < 4.78 is 11.1. The number of nitriles is 1. The number of nitrogens with zero attached hydrogens (tertiary/aromatic N) is 1. The quantitative estimate of drug-likeness (QED) is 0.270. The number of ketones is 1. The van der Waals surface area contributed by atoms with E-state index in [1.807, 2.05) is 68.4 Å². The maximum Gasteiger partial charge on any atom is 0.203 e. The van der Waals surface area contributed by atoms with Crippen molar-refractivity contribution >= 4 is 17.1 Å². The third-order valence-corrected chi connectivity index (χ3v) is 6.32. The standard InChI is InChI=1S/C28H23NO3S/c1-3-31-23-13-9-21(10-14-23)26-17-25(20-7-5-19(18-29)6-8-20)28(33-26)27(30)22-11-15-24(16-12-22)32-4-2/h5-17H,3-4H2,1-2H3. The summed E-state index contributed by atoms with van der Waals surface area (Å²) in [7, 11) is 0. The lowest BCUT2D eigenvalue weighted by molar-refractivity contribution is 0.104. The molecule has 33 heavy (non-hydrogen) atoms. The van der Waals surface area contributed by atoms with Gasteiger partial charge in [0, 0.05) is 16.0 Å². The third kappa shape index (κ3) is 4.97. The number of hydrogen-bond donors (Lipinski definition) is 0. The molecule has 0 fully saturated rings. The lowest BCUT2D eigenvalue weighted by Crippen LogP contribution is -2.01. The normalized spacial score (nSPS) is 10.5. The highest BCUT2D eigenvalue weighted by Gasteiger charge is 2.20. The number of carbonyl (C=O) groups is 1. The summed E-state index contributed by atoms with van der Waals surface area (Å²) in [6, 6.07) is 26.6. The molecule has 0 N–H and O–H groups in total. The molecule has 4 nitrogen and oxygen atoms in total. The van der Waals surface area contributed by atoms with Gasteiger partial charge in [0.2, 0.25) is 5.78 Å². The zero-order chi connectivity index (χ0) is 23.2. The van der Waals surface area contributed by atoms with Crippen LogP contribution in [0.25, 0.3) is 21.6 Å². The number of thiophene rings is 1. The average molecular weight is 454 g/mol. The zero-order valence-electron chi connectivity index (χ0n) is 18.5. The fourth-order valence-corrected chi connectivity index (χ4v) is 4.67. The highest BCUT2D eigenvalue weighted by atomic mass is 32.1. The molecule has 0 aliphatic carbocycles. The van der Waals surface area contributed by atoms with E-state index in [4.69, 9.17) is 14.7 Å². The van der Waals surface area contributed by atoms with Gasteiger partial charge in [-0.05, 0) is 91.7 Å². The molecule has 5 heteroatoms. The van der Waals surface area contributed by atoms with Gasteiger partial charge in [0.25, 0.3) is 0 Å². The third-order valence-electron chi connectivity index (χ3n) is 5.14. The average Bonchev–Trinajstić information content (AvgIpc) is 3.30. The van der Waals surface area contributed by atoms with Crippen molar-refractivity contribution in [3.8, 4) is 39.1 Å². The Bertz CT molecular complexity index is 1280. The minimum absolute atomic E-state index is 0.0420. The molecule has 0 bridgehead atoms. The minimum Gasteiger partial charge on any atom is -0.494 e. The van der Waals surface area contributed by atoms with Crippen LogP contribution in [0.2, 0.25) is 0 Å². The molecule has 0 radical (unpaired) electrons. The molecule has 0 aliphatic rings. The Hall–Kier alpha value is -3.88. The van der Waals surface area contributed by atoms with Crippen LogP contribution in [0.1, 0.15) is 34.6 Å². The SMILES string of the molecule is CCOc1ccc(C(=O)c2sc(-c3ccc(OCC)cc3)cc2-c2ccc(C#N)cc2)cc1. The van der Waals surface area contributed by atoms with Crippen molar-refractivity contribution in [2.45, 2.75) is 13.8 Å². The second-order valence-corrected chi connectivity index (χ2v) is 8.34. The van der Waals surface area contributed by atoms with Gasteiger partial charge in [0.05, 0.1) is 29.7 Å². The van der Waals surface area contributed by atoms with Crippen LogP contribution >= 0.6 is 11.3 Å². The van der Waals surface area contributed by atoms with Gasteiger partial charge in [-0.15, -0.1) is 11.3 Å². The van der Waals surface area contributed by atoms with Gasteiger partial charge in [-0.3, -0.25) is 4.79 Å². The van der Waals surface area contributed by atoms with Crippen molar-refractivity contribution in [3.63, 3.8) is 0 Å². The van der Waals surface area contributed by atoms with Crippen molar-refractivity contribution in [1.29, 1.82) is 5.26 Å². The molecule has 3 aromatic carbocycles. The van der Waals surface area contributed by atoms with Crippen molar-refractivity contribution < 1.29 is 14.3 Å². The first-order valence-electron chi connectivity index (χ1n) is 10.8. The van der Waals surface area contributed by atoms with Gasteiger partial charge in [-0.25, -0.2) is 0 Å². The van der Waals surface area contributed by atoms with Gasteiger partial charge in [-0.2, -0.15) is 5.26 Å². The van der Waals surface area contributed by atoms with Gasteiger partial charge in [0.1, 0.15) is 11.5 Å². The summed E-state index contributed by atoms with van der Waals surface area (Å²) in [6.07, 6.45) is 0. The second kappa shape index (κ2) is 10.2. The Morgan fingerprint density at radius 1 is 0.818 bits per heavy atom. The molecule has 0 saturated heterocycles. The van der Waals surface area contributed by atoms with E-state index in [2.05, 4.69) is 6.07 Å². The Morgan fingerprint density at radius 2 is 1.36 bits per heavy atom. The predicted octanol–water partition coefficient (Wildman–Crippen LogP) is 6.98. The van der Waals surface area contributed by atoms with E-state index in [-0.39, 0.29) is 5.78 Å². The molecule has 1 aromatic heterocycles. The van der Waals surface area contributed by atoms with Crippen LogP contribution in [0, 0.1) is 11.3 Å². The smallest absolute Gasteiger partial charge is 0.203 e. The summed E-state index contributed by atoms with van der Waals surface area (Å²) in [5, 5.41) is 9.14. The largest absolute Gasteiger partial charge is 0.494 e. The summed E-state index contributed by atoms with van der Waals surface area (Å²) in [6.45, 7) is 5.07. The molecule has 0 aliphatic heterocycles. The maximum atomic E-state index is 13.5. The molecule has 0 atom stereocenters. The Morgan fingerprint density at radius 3 is 1.91 bits per heavy atom. The van der Waals surface area contributed by atoms with Crippen molar-refractivity contribution in [2.24, 2.45) is 0 Å². The van der Waals surface area contributed by atoms with Crippen LogP contribution in [-0.4, -0.2) is 19.0 Å². The molecule has 0 amide bonds. The van der Waals surface area contributed by atoms with Gasteiger partial charge in [-0.1, -0.05) is 12.1 Å². The molecule has 4 aromatic rings. The van der Waals surface area contributed by atoms with Crippen LogP contribution in [0.15, 0.2) is 78.9 Å². The van der Waals surface area contributed by atoms with E-state index < -0.39 is 0 Å². The van der Waals surface area contributed by atoms with E-state index in [1.165, 1.54) is 11.3 Å². The predicted molar refractivity (Wildman–Crippen MR) is 132 cm³/mol. The molecule has 0 saturated carbocycles. The highest BCUT2D eigenvalue weighted by Crippen LogP contribution is 2.39. The molecule has 164 valence electrons. The molecule has 4 rings (SSSR count). The first-order chi connectivity index (χ1) is 16.1. The molecule has 0 spiro atoms. The van der Waals surface area contributed by atoms with Gasteiger partial charge >= 0.3 is 0 Å². The first-order valence-corrected chi connectivity index (χ1v) is 11.6. The van der Waals surface area contributed by atoms with E-state index in [1.54, 1.807) is 24.3 Å². The van der Waals surface area contributed by atoms with Crippen molar-refractivity contribution in [2.75, 3.05) is 13.2 Å². The van der Waals surface area contributed by atoms with E-state index in [0.717, 1.165) is 33.1 Å². The van der Waals surface area contributed by atoms with E-state index in [9.17, 15) is 4.79 Å². The highest BCUT2D eigenvalue weighted by molar-refractivity contribution is 7.18. The number of carbonyl (C=O) groups excluding carboxylic acids is 1. The number of hydrogen-bond acceptors (Lipinski definition) is 5. The van der Waals surface area contributed by atoms with Crippen LogP contribution in [0.5, 0.6) is 11.5 Å².